The molecule has 8 heteroatoms. The van der Waals surface area contributed by atoms with Gasteiger partial charge in [-0.05, 0) is 18.2 Å². The van der Waals surface area contributed by atoms with Crippen LogP contribution >= 0.6 is 0 Å². The average Bonchev–Trinajstić information content (AvgIpc) is 3.19. The minimum atomic E-state index is -0.492. The van der Waals surface area contributed by atoms with E-state index < -0.39 is 11.8 Å². The highest BCUT2D eigenvalue weighted by atomic mass is 16.5. The monoisotopic (exact) mass is 357 g/mol. The highest BCUT2D eigenvalue weighted by Gasteiger charge is 2.22. The first kappa shape index (κ1) is 17.5. The third-order valence-electron chi connectivity index (χ3n) is 3.89. The molecular formula is C18H19N3O5. The molecule has 3 N–H and O–H groups in total. The molecule has 1 atom stereocenters. The molecule has 0 aliphatic carbocycles. The van der Waals surface area contributed by atoms with Crippen LogP contribution < -0.4 is 20.7 Å². The van der Waals surface area contributed by atoms with Crippen molar-refractivity contribution in [1.82, 2.24) is 16.0 Å². The van der Waals surface area contributed by atoms with E-state index in [1.807, 2.05) is 24.3 Å². The zero-order chi connectivity index (χ0) is 18.4. The standard InChI is InChI=1S/C18H19N3O5/c22-16(10-20-18(24)15-6-3-8-25-15)19-11-17(23)21-13-7-9-26-14-5-2-1-4-12(13)14/h1-6,8,13H,7,9-11H2,(H,19,22)(H,20,24)(H,21,23)/t13-/m0/s1. The molecule has 0 spiro atoms. The van der Waals surface area contributed by atoms with Crippen LogP contribution in [0.2, 0.25) is 0 Å². The molecule has 0 saturated heterocycles. The Labute approximate surface area is 149 Å². The summed E-state index contributed by atoms with van der Waals surface area (Å²) < 4.78 is 10.5. The lowest BCUT2D eigenvalue weighted by molar-refractivity contribution is -0.126. The van der Waals surface area contributed by atoms with E-state index in [1.54, 1.807) is 6.07 Å². The smallest absolute Gasteiger partial charge is 0.287 e. The van der Waals surface area contributed by atoms with Crippen molar-refractivity contribution in [2.45, 2.75) is 12.5 Å². The maximum atomic E-state index is 12.1. The summed E-state index contributed by atoms with van der Waals surface area (Å²) in [5.74, 6) is -0.388. The van der Waals surface area contributed by atoms with Crippen LogP contribution in [0.4, 0.5) is 0 Å². The molecule has 0 saturated carbocycles. The van der Waals surface area contributed by atoms with Gasteiger partial charge in [-0.3, -0.25) is 14.4 Å². The predicted octanol–water partition coefficient (Wildman–Crippen LogP) is 0.766. The zero-order valence-corrected chi connectivity index (χ0v) is 14.0. The molecule has 1 aliphatic heterocycles. The Bertz CT molecular complexity index is 788. The van der Waals surface area contributed by atoms with Crippen LogP contribution in [0.15, 0.2) is 47.1 Å². The number of hydrogen-bond donors (Lipinski definition) is 3. The van der Waals surface area contributed by atoms with E-state index >= 15 is 0 Å². The maximum Gasteiger partial charge on any atom is 0.287 e. The van der Waals surface area contributed by atoms with Gasteiger partial charge < -0.3 is 25.1 Å². The van der Waals surface area contributed by atoms with Gasteiger partial charge in [0.25, 0.3) is 5.91 Å². The lowest BCUT2D eigenvalue weighted by Crippen LogP contribution is -2.43. The summed E-state index contributed by atoms with van der Waals surface area (Å²) in [5.41, 5.74) is 0.920. The van der Waals surface area contributed by atoms with Crippen molar-refractivity contribution in [2.75, 3.05) is 19.7 Å². The first-order valence-corrected chi connectivity index (χ1v) is 8.23. The first-order valence-electron chi connectivity index (χ1n) is 8.23. The van der Waals surface area contributed by atoms with Crippen LogP contribution in [0.5, 0.6) is 5.75 Å². The van der Waals surface area contributed by atoms with Gasteiger partial charge in [-0.25, -0.2) is 0 Å². The van der Waals surface area contributed by atoms with Gasteiger partial charge >= 0.3 is 0 Å². The van der Waals surface area contributed by atoms with E-state index in [-0.39, 0.29) is 30.8 Å². The maximum absolute atomic E-state index is 12.1. The number of para-hydroxylation sites is 1. The fourth-order valence-corrected chi connectivity index (χ4v) is 2.63. The van der Waals surface area contributed by atoms with Crippen molar-refractivity contribution in [2.24, 2.45) is 0 Å². The Morgan fingerprint density at radius 1 is 1.00 bits per heavy atom. The summed E-state index contributed by atoms with van der Waals surface area (Å²) in [4.78, 5) is 35.5. The molecule has 26 heavy (non-hydrogen) atoms. The number of carbonyl (C=O) groups is 3. The zero-order valence-electron chi connectivity index (χ0n) is 14.0. The molecule has 0 fully saturated rings. The molecule has 2 aromatic rings. The summed E-state index contributed by atoms with van der Waals surface area (Å²) in [7, 11) is 0. The Morgan fingerprint density at radius 3 is 2.62 bits per heavy atom. The van der Waals surface area contributed by atoms with Crippen LogP contribution in [0.3, 0.4) is 0 Å². The summed E-state index contributed by atoms with van der Waals surface area (Å²) in [6, 6.07) is 10.4. The topological polar surface area (TPSA) is 110 Å². The Morgan fingerprint density at radius 2 is 1.81 bits per heavy atom. The predicted molar refractivity (Wildman–Crippen MR) is 91.5 cm³/mol. The van der Waals surface area contributed by atoms with Crippen molar-refractivity contribution in [3.8, 4) is 5.75 Å². The SMILES string of the molecule is O=C(CNC(=O)c1ccco1)NCC(=O)N[C@H]1CCOc2ccccc21. The van der Waals surface area contributed by atoms with Gasteiger partial charge in [0.2, 0.25) is 11.8 Å². The van der Waals surface area contributed by atoms with Gasteiger partial charge in [-0.1, -0.05) is 18.2 Å². The molecule has 1 aromatic carbocycles. The number of nitrogens with one attached hydrogen (secondary N) is 3. The summed E-state index contributed by atoms with van der Waals surface area (Å²) in [5, 5.41) is 7.76. The molecule has 3 amide bonds. The second-order valence-corrected chi connectivity index (χ2v) is 5.73. The number of furan rings is 1. The van der Waals surface area contributed by atoms with Crippen molar-refractivity contribution in [3.05, 3.63) is 54.0 Å². The summed E-state index contributed by atoms with van der Waals surface area (Å²) >= 11 is 0. The van der Waals surface area contributed by atoms with Gasteiger partial charge in [0.05, 0.1) is 32.0 Å². The van der Waals surface area contributed by atoms with Crippen LogP contribution in [0.1, 0.15) is 28.6 Å². The molecular weight excluding hydrogens is 338 g/mol. The lowest BCUT2D eigenvalue weighted by atomic mass is 10.0. The quantitative estimate of drug-likeness (QED) is 0.707. The number of hydrogen-bond acceptors (Lipinski definition) is 5. The Hall–Kier alpha value is -3.29. The number of carbonyl (C=O) groups excluding carboxylic acids is 3. The Balaban J connectivity index is 1.42. The van der Waals surface area contributed by atoms with Crippen molar-refractivity contribution < 1.29 is 23.5 Å². The number of fused-ring (bicyclic) bond motifs is 1. The van der Waals surface area contributed by atoms with Crippen molar-refractivity contribution in [3.63, 3.8) is 0 Å². The van der Waals surface area contributed by atoms with Gasteiger partial charge in [-0.15, -0.1) is 0 Å². The highest BCUT2D eigenvalue weighted by molar-refractivity contribution is 5.94. The third kappa shape index (κ3) is 4.41. The van der Waals surface area contributed by atoms with Crippen molar-refractivity contribution in [1.29, 1.82) is 0 Å². The van der Waals surface area contributed by atoms with Crippen LogP contribution in [0.25, 0.3) is 0 Å². The van der Waals surface area contributed by atoms with E-state index in [0.717, 1.165) is 11.3 Å². The molecule has 0 bridgehead atoms. The fraction of sp³-hybridized carbons (Fsp3) is 0.278. The highest BCUT2D eigenvalue weighted by Crippen LogP contribution is 2.31. The number of benzene rings is 1. The third-order valence-corrected chi connectivity index (χ3v) is 3.89. The summed E-state index contributed by atoms with van der Waals surface area (Å²) in [6.07, 6.45) is 2.03. The molecule has 8 nitrogen and oxygen atoms in total. The minimum Gasteiger partial charge on any atom is -0.493 e. The van der Waals surface area contributed by atoms with Gasteiger partial charge in [0, 0.05) is 12.0 Å². The molecule has 2 heterocycles. The first-order chi connectivity index (χ1) is 12.6. The van der Waals surface area contributed by atoms with E-state index in [2.05, 4.69) is 16.0 Å². The molecule has 1 aromatic heterocycles. The van der Waals surface area contributed by atoms with Crippen molar-refractivity contribution >= 4 is 17.7 Å². The minimum absolute atomic E-state index is 0.119. The van der Waals surface area contributed by atoms with E-state index in [1.165, 1.54) is 12.3 Å². The van der Waals surface area contributed by atoms with Gasteiger partial charge in [0.15, 0.2) is 5.76 Å². The molecule has 0 radical (unpaired) electrons. The normalized spacial score (nSPS) is 15.3. The Kier molecular flexibility index (Phi) is 5.52. The van der Waals surface area contributed by atoms with E-state index in [0.29, 0.717) is 13.0 Å². The molecule has 0 unspecified atom stereocenters. The second-order valence-electron chi connectivity index (χ2n) is 5.73. The van der Waals surface area contributed by atoms with Crippen LogP contribution in [-0.4, -0.2) is 37.4 Å². The largest absolute Gasteiger partial charge is 0.493 e. The second kappa shape index (κ2) is 8.19. The van der Waals surface area contributed by atoms with Gasteiger partial charge in [0.1, 0.15) is 5.75 Å². The van der Waals surface area contributed by atoms with Gasteiger partial charge in [-0.2, -0.15) is 0 Å². The molecule has 1 aliphatic rings. The fourth-order valence-electron chi connectivity index (χ4n) is 2.63. The number of amides is 3. The average molecular weight is 357 g/mol. The molecule has 136 valence electrons. The van der Waals surface area contributed by atoms with Crippen LogP contribution in [0, 0.1) is 0 Å². The lowest BCUT2D eigenvalue weighted by Gasteiger charge is -2.26. The molecule has 3 rings (SSSR count). The van der Waals surface area contributed by atoms with E-state index in [9.17, 15) is 14.4 Å². The van der Waals surface area contributed by atoms with Crippen LogP contribution in [-0.2, 0) is 9.59 Å². The van der Waals surface area contributed by atoms with E-state index in [4.69, 9.17) is 9.15 Å². The number of rotatable bonds is 6. The summed E-state index contributed by atoms with van der Waals surface area (Å²) in [6.45, 7) is 0.106. The number of ether oxygens (including phenoxy) is 1.